The van der Waals surface area contributed by atoms with Gasteiger partial charge in [0.15, 0.2) is 0 Å². The van der Waals surface area contributed by atoms with Crippen LogP contribution in [0.5, 0.6) is 0 Å². The molecule has 0 saturated carbocycles. The Labute approximate surface area is 150 Å². The van der Waals surface area contributed by atoms with Crippen molar-refractivity contribution in [2.45, 2.75) is 46.1 Å². The first kappa shape index (κ1) is 19.4. The Morgan fingerprint density at radius 1 is 1.32 bits per heavy atom. The Bertz CT molecular complexity index is 590. The second kappa shape index (κ2) is 8.48. The summed E-state index contributed by atoms with van der Waals surface area (Å²) < 4.78 is 0. The van der Waals surface area contributed by atoms with Gasteiger partial charge in [0.05, 0.1) is 11.5 Å². The van der Waals surface area contributed by atoms with Crippen molar-refractivity contribution in [2.24, 2.45) is 11.3 Å². The average molecular weight is 346 g/mol. The molecular formula is C20H30N2O3. The number of hydrogen-bond acceptors (Lipinski definition) is 3. The minimum atomic E-state index is -0.613. The van der Waals surface area contributed by atoms with E-state index in [1.807, 2.05) is 39.0 Å². The lowest BCUT2D eigenvalue weighted by Crippen LogP contribution is -2.53. The van der Waals surface area contributed by atoms with Crippen LogP contribution in [0.3, 0.4) is 0 Å². The van der Waals surface area contributed by atoms with E-state index in [4.69, 9.17) is 0 Å². The molecule has 0 bridgehead atoms. The number of likely N-dealkylation sites (tertiary alicyclic amines) is 1. The largest absolute Gasteiger partial charge is 0.391 e. The number of carbonyl (C=O) groups is 2. The molecule has 2 rings (SSSR count). The van der Waals surface area contributed by atoms with E-state index in [9.17, 15) is 14.7 Å². The second-order valence-corrected chi connectivity index (χ2v) is 7.42. The molecule has 1 aromatic rings. The fourth-order valence-corrected chi connectivity index (χ4v) is 3.25. The van der Waals surface area contributed by atoms with Crippen molar-refractivity contribution < 1.29 is 14.7 Å². The standard InChI is InChI=1S/C20H30N2O3/c1-4-15(2)17(23)13-21-19(25)20(3)11-8-12-22(14-20)18(24)16-9-6-5-7-10-16/h5-7,9-10,15,17,23H,4,8,11-14H2,1-3H3,(H,21,25). The molecule has 1 aromatic carbocycles. The van der Waals surface area contributed by atoms with Crippen LogP contribution in [0.25, 0.3) is 0 Å². The van der Waals surface area contributed by atoms with Crippen LogP contribution in [0.1, 0.15) is 50.4 Å². The molecule has 2 amide bonds. The molecule has 1 aliphatic rings. The topological polar surface area (TPSA) is 69.6 Å². The third kappa shape index (κ3) is 4.82. The minimum absolute atomic E-state index is 0.0287. The van der Waals surface area contributed by atoms with Gasteiger partial charge in [-0.15, -0.1) is 0 Å². The van der Waals surface area contributed by atoms with Crippen molar-refractivity contribution in [3.63, 3.8) is 0 Å². The van der Waals surface area contributed by atoms with Crippen LogP contribution in [-0.2, 0) is 4.79 Å². The van der Waals surface area contributed by atoms with Crippen molar-refractivity contribution >= 4 is 11.8 Å². The highest BCUT2D eigenvalue weighted by Crippen LogP contribution is 2.30. The molecule has 0 aromatic heterocycles. The van der Waals surface area contributed by atoms with Gasteiger partial charge in [0.25, 0.3) is 5.91 Å². The van der Waals surface area contributed by atoms with E-state index >= 15 is 0 Å². The van der Waals surface area contributed by atoms with Crippen LogP contribution in [-0.4, -0.2) is 47.6 Å². The number of hydrogen-bond donors (Lipinski definition) is 2. The van der Waals surface area contributed by atoms with Crippen LogP contribution in [0.15, 0.2) is 30.3 Å². The van der Waals surface area contributed by atoms with Gasteiger partial charge in [-0.3, -0.25) is 9.59 Å². The maximum absolute atomic E-state index is 12.7. The van der Waals surface area contributed by atoms with Crippen molar-refractivity contribution in [3.05, 3.63) is 35.9 Å². The minimum Gasteiger partial charge on any atom is -0.391 e. The highest BCUT2D eigenvalue weighted by Gasteiger charge is 2.39. The lowest BCUT2D eigenvalue weighted by Gasteiger charge is -2.39. The quantitative estimate of drug-likeness (QED) is 0.831. The van der Waals surface area contributed by atoms with Crippen molar-refractivity contribution in [1.29, 1.82) is 0 Å². The number of piperidine rings is 1. The van der Waals surface area contributed by atoms with Crippen molar-refractivity contribution in [1.82, 2.24) is 10.2 Å². The van der Waals surface area contributed by atoms with Crippen LogP contribution < -0.4 is 5.32 Å². The monoisotopic (exact) mass is 346 g/mol. The van der Waals surface area contributed by atoms with Gasteiger partial charge in [0, 0.05) is 25.2 Å². The summed E-state index contributed by atoms with van der Waals surface area (Å²) in [5.41, 5.74) is 0.0389. The lowest BCUT2D eigenvalue weighted by atomic mass is 9.80. The van der Waals surface area contributed by atoms with Gasteiger partial charge in [-0.25, -0.2) is 0 Å². The highest BCUT2D eigenvalue weighted by molar-refractivity contribution is 5.95. The Morgan fingerprint density at radius 2 is 2.00 bits per heavy atom. The lowest BCUT2D eigenvalue weighted by molar-refractivity contribution is -0.133. The van der Waals surface area contributed by atoms with Crippen molar-refractivity contribution in [2.75, 3.05) is 19.6 Å². The molecular weight excluding hydrogens is 316 g/mol. The summed E-state index contributed by atoms with van der Waals surface area (Å²) in [4.78, 5) is 27.1. The molecule has 25 heavy (non-hydrogen) atoms. The van der Waals surface area contributed by atoms with Crippen LogP contribution in [0.4, 0.5) is 0 Å². The number of benzene rings is 1. The second-order valence-electron chi connectivity index (χ2n) is 7.42. The molecule has 1 aliphatic heterocycles. The van der Waals surface area contributed by atoms with E-state index in [0.29, 0.717) is 18.7 Å². The zero-order valence-corrected chi connectivity index (χ0v) is 15.5. The summed E-state index contributed by atoms with van der Waals surface area (Å²) in [6.45, 7) is 7.24. The predicted molar refractivity (Wildman–Crippen MR) is 98.2 cm³/mol. The number of carbonyl (C=O) groups excluding carboxylic acids is 2. The van der Waals surface area contributed by atoms with E-state index in [0.717, 1.165) is 19.3 Å². The summed E-state index contributed by atoms with van der Waals surface area (Å²) >= 11 is 0. The molecule has 0 spiro atoms. The Balaban J connectivity index is 1.98. The number of nitrogens with zero attached hydrogens (tertiary/aromatic N) is 1. The number of amides is 2. The first-order valence-corrected chi connectivity index (χ1v) is 9.18. The van der Waals surface area contributed by atoms with Gasteiger partial charge < -0.3 is 15.3 Å². The van der Waals surface area contributed by atoms with Gasteiger partial charge in [0.2, 0.25) is 5.91 Å². The molecule has 1 heterocycles. The van der Waals surface area contributed by atoms with Crippen LogP contribution in [0, 0.1) is 11.3 Å². The van der Waals surface area contributed by atoms with Crippen LogP contribution in [0.2, 0.25) is 0 Å². The molecule has 138 valence electrons. The van der Waals surface area contributed by atoms with Gasteiger partial charge >= 0.3 is 0 Å². The van der Waals surface area contributed by atoms with Gasteiger partial charge in [-0.2, -0.15) is 0 Å². The third-order valence-corrected chi connectivity index (χ3v) is 5.33. The van der Waals surface area contributed by atoms with Gasteiger partial charge in [-0.05, 0) is 37.8 Å². The molecule has 5 nitrogen and oxygen atoms in total. The number of rotatable bonds is 6. The van der Waals surface area contributed by atoms with Crippen LogP contribution >= 0.6 is 0 Å². The summed E-state index contributed by atoms with van der Waals surface area (Å²) in [5, 5.41) is 12.9. The normalized spacial score (nSPS) is 23.0. The third-order valence-electron chi connectivity index (χ3n) is 5.33. The Kier molecular flexibility index (Phi) is 6.59. The average Bonchev–Trinajstić information content (AvgIpc) is 2.65. The molecule has 1 fully saturated rings. The fourth-order valence-electron chi connectivity index (χ4n) is 3.25. The number of nitrogens with one attached hydrogen (secondary N) is 1. The molecule has 5 heteroatoms. The predicted octanol–water partition coefficient (Wildman–Crippen LogP) is 2.45. The number of aliphatic hydroxyl groups excluding tert-OH is 1. The SMILES string of the molecule is CCC(C)C(O)CNC(=O)C1(C)CCCN(C(=O)c2ccccc2)C1. The first-order valence-electron chi connectivity index (χ1n) is 9.18. The zero-order chi connectivity index (χ0) is 18.4. The highest BCUT2D eigenvalue weighted by atomic mass is 16.3. The maximum atomic E-state index is 12.7. The number of aliphatic hydroxyl groups is 1. The first-order chi connectivity index (χ1) is 11.9. The molecule has 0 aliphatic carbocycles. The molecule has 2 N–H and O–H groups in total. The fraction of sp³-hybridized carbons (Fsp3) is 0.600. The van der Waals surface area contributed by atoms with E-state index in [1.165, 1.54) is 0 Å². The zero-order valence-electron chi connectivity index (χ0n) is 15.5. The maximum Gasteiger partial charge on any atom is 0.253 e. The molecule has 3 atom stereocenters. The summed E-state index contributed by atoms with van der Waals surface area (Å²) in [5.74, 6) is 0.0370. The summed E-state index contributed by atoms with van der Waals surface area (Å²) in [7, 11) is 0. The van der Waals surface area contributed by atoms with E-state index in [2.05, 4.69) is 5.32 Å². The Hall–Kier alpha value is -1.88. The molecule has 3 unspecified atom stereocenters. The van der Waals surface area contributed by atoms with E-state index < -0.39 is 11.5 Å². The van der Waals surface area contributed by atoms with E-state index in [1.54, 1.807) is 17.0 Å². The summed E-state index contributed by atoms with van der Waals surface area (Å²) in [6.07, 6.45) is 1.88. The smallest absolute Gasteiger partial charge is 0.253 e. The van der Waals surface area contributed by atoms with Crippen molar-refractivity contribution in [3.8, 4) is 0 Å². The van der Waals surface area contributed by atoms with Gasteiger partial charge in [-0.1, -0.05) is 38.5 Å². The van der Waals surface area contributed by atoms with E-state index in [-0.39, 0.29) is 24.3 Å². The summed E-state index contributed by atoms with van der Waals surface area (Å²) in [6, 6.07) is 9.18. The van der Waals surface area contributed by atoms with Gasteiger partial charge in [0.1, 0.15) is 0 Å². The molecule has 1 saturated heterocycles. The Morgan fingerprint density at radius 3 is 2.64 bits per heavy atom. The molecule has 0 radical (unpaired) electrons.